The molecule has 1 aliphatic heterocycles. The van der Waals surface area contributed by atoms with Crippen molar-refractivity contribution in [3.05, 3.63) is 29.6 Å². The van der Waals surface area contributed by atoms with Crippen LogP contribution in [-0.2, 0) is 11.3 Å². The molecule has 3 nitrogen and oxygen atoms in total. The second kappa shape index (κ2) is 6.16. The second-order valence-electron chi connectivity index (χ2n) is 4.69. The van der Waals surface area contributed by atoms with Gasteiger partial charge in [0.05, 0.1) is 18.3 Å². The molecule has 1 saturated heterocycles. The van der Waals surface area contributed by atoms with Gasteiger partial charge in [0.15, 0.2) is 0 Å². The number of halogens is 1. The minimum atomic E-state index is -0.153. The van der Waals surface area contributed by atoms with Gasteiger partial charge in [-0.3, -0.25) is 0 Å². The van der Waals surface area contributed by atoms with Gasteiger partial charge in [0.25, 0.3) is 0 Å². The van der Waals surface area contributed by atoms with Crippen molar-refractivity contribution in [2.24, 2.45) is 0 Å². The molecule has 1 fully saturated rings. The molecule has 1 heterocycles. The zero-order valence-corrected chi connectivity index (χ0v) is 11.1. The lowest BCUT2D eigenvalue weighted by Crippen LogP contribution is -2.32. The first-order valence-corrected chi connectivity index (χ1v) is 6.52. The standard InChI is InChI=1S/C14H21FN2O/c1-3-16-9-11-4-5-14(13(15)8-11)17(2)12-6-7-18-10-12/h4-5,8,12,16H,3,6-7,9-10H2,1-2H3. The summed E-state index contributed by atoms with van der Waals surface area (Å²) in [6, 6.07) is 5.75. The van der Waals surface area contributed by atoms with Crippen LogP contribution in [0, 0.1) is 5.82 Å². The van der Waals surface area contributed by atoms with Crippen LogP contribution in [0.25, 0.3) is 0 Å². The third-order valence-corrected chi connectivity index (χ3v) is 3.42. The van der Waals surface area contributed by atoms with Crippen molar-refractivity contribution < 1.29 is 9.13 Å². The first kappa shape index (κ1) is 13.3. The average molecular weight is 252 g/mol. The summed E-state index contributed by atoms with van der Waals surface area (Å²) in [5.74, 6) is -0.153. The van der Waals surface area contributed by atoms with Crippen LogP contribution >= 0.6 is 0 Å². The number of nitrogens with zero attached hydrogens (tertiary/aromatic N) is 1. The minimum Gasteiger partial charge on any atom is -0.379 e. The Bertz CT molecular complexity index is 391. The molecule has 1 aromatic carbocycles. The smallest absolute Gasteiger partial charge is 0.146 e. The van der Waals surface area contributed by atoms with Gasteiger partial charge in [0.1, 0.15) is 5.82 Å². The van der Waals surface area contributed by atoms with Crippen LogP contribution < -0.4 is 10.2 Å². The number of likely N-dealkylation sites (N-methyl/N-ethyl adjacent to an activating group) is 1. The van der Waals surface area contributed by atoms with Gasteiger partial charge in [-0.2, -0.15) is 0 Å². The summed E-state index contributed by atoms with van der Waals surface area (Å²) in [4.78, 5) is 1.99. The Kier molecular flexibility index (Phi) is 4.55. The lowest BCUT2D eigenvalue weighted by Gasteiger charge is -2.26. The Balaban J connectivity index is 2.08. The monoisotopic (exact) mass is 252 g/mol. The molecule has 4 heteroatoms. The molecule has 2 rings (SSSR count). The highest BCUT2D eigenvalue weighted by atomic mass is 19.1. The molecule has 0 spiro atoms. The van der Waals surface area contributed by atoms with Crippen molar-refractivity contribution in [1.82, 2.24) is 5.32 Å². The number of ether oxygens (including phenoxy) is 1. The topological polar surface area (TPSA) is 24.5 Å². The lowest BCUT2D eigenvalue weighted by atomic mass is 10.1. The molecule has 1 aliphatic rings. The number of anilines is 1. The van der Waals surface area contributed by atoms with E-state index in [9.17, 15) is 4.39 Å². The van der Waals surface area contributed by atoms with Crippen LogP contribution in [0.1, 0.15) is 18.9 Å². The van der Waals surface area contributed by atoms with E-state index in [0.717, 1.165) is 25.1 Å². The summed E-state index contributed by atoms with van der Waals surface area (Å²) < 4.78 is 19.4. The van der Waals surface area contributed by atoms with Crippen LogP contribution in [0.2, 0.25) is 0 Å². The minimum absolute atomic E-state index is 0.153. The second-order valence-corrected chi connectivity index (χ2v) is 4.69. The van der Waals surface area contributed by atoms with E-state index < -0.39 is 0 Å². The molecule has 1 unspecified atom stereocenters. The van der Waals surface area contributed by atoms with Gasteiger partial charge in [0, 0.05) is 20.2 Å². The van der Waals surface area contributed by atoms with Gasteiger partial charge in [-0.15, -0.1) is 0 Å². The van der Waals surface area contributed by atoms with Crippen molar-refractivity contribution in [2.75, 3.05) is 31.7 Å². The summed E-state index contributed by atoms with van der Waals surface area (Å²) in [6.45, 7) is 5.11. The van der Waals surface area contributed by atoms with Gasteiger partial charge >= 0.3 is 0 Å². The zero-order chi connectivity index (χ0) is 13.0. The lowest BCUT2D eigenvalue weighted by molar-refractivity contribution is 0.193. The first-order valence-electron chi connectivity index (χ1n) is 6.52. The molecule has 0 saturated carbocycles. The van der Waals surface area contributed by atoms with Crippen LogP contribution in [0.4, 0.5) is 10.1 Å². The molecule has 0 aliphatic carbocycles. The van der Waals surface area contributed by atoms with Crippen LogP contribution in [-0.4, -0.2) is 32.8 Å². The maximum absolute atomic E-state index is 14.1. The van der Waals surface area contributed by atoms with E-state index >= 15 is 0 Å². The third-order valence-electron chi connectivity index (χ3n) is 3.42. The maximum atomic E-state index is 14.1. The maximum Gasteiger partial charge on any atom is 0.146 e. The number of nitrogens with one attached hydrogen (secondary N) is 1. The predicted octanol–water partition coefficient (Wildman–Crippen LogP) is 2.16. The van der Waals surface area contributed by atoms with Gasteiger partial charge in [-0.1, -0.05) is 13.0 Å². The van der Waals surface area contributed by atoms with E-state index in [1.807, 2.05) is 31.0 Å². The van der Waals surface area contributed by atoms with Crippen molar-refractivity contribution in [2.45, 2.75) is 25.9 Å². The summed E-state index contributed by atoms with van der Waals surface area (Å²) in [7, 11) is 1.93. The fourth-order valence-corrected chi connectivity index (χ4v) is 2.24. The van der Waals surface area contributed by atoms with E-state index in [-0.39, 0.29) is 5.82 Å². The Labute approximate surface area is 108 Å². The average Bonchev–Trinajstić information content (AvgIpc) is 2.89. The predicted molar refractivity (Wildman–Crippen MR) is 71.4 cm³/mol. The normalized spacial score (nSPS) is 19.2. The quantitative estimate of drug-likeness (QED) is 0.869. The fourth-order valence-electron chi connectivity index (χ4n) is 2.24. The molecule has 1 aromatic rings. The van der Waals surface area contributed by atoms with E-state index in [2.05, 4.69) is 5.32 Å². The molecule has 100 valence electrons. The molecule has 0 bridgehead atoms. The Morgan fingerprint density at radius 1 is 1.50 bits per heavy atom. The number of benzene rings is 1. The molecule has 0 aromatic heterocycles. The first-order chi connectivity index (χ1) is 8.72. The van der Waals surface area contributed by atoms with Crippen molar-refractivity contribution in [1.29, 1.82) is 0 Å². The van der Waals surface area contributed by atoms with Gasteiger partial charge in [-0.25, -0.2) is 4.39 Å². The Morgan fingerprint density at radius 3 is 2.94 bits per heavy atom. The largest absolute Gasteiger partial charge is 0.379 e. The van der Waals surface area contributed by atoms with E-state index in [4.69, 9.17) is 4.74 Å². The highest BCUT2D eigenvalue weighted by Crippen LogP contribution is 2.24. The van der Waals surface area contributed by atoms with E-state index in [1.165, 1.54) is 0 Å². The molecular weight excluding hydrogens is 231 g/mol. The van der Waals surface area contributed by atoms with Gasteiger partial charge < -0.3 is 15.0 Å². The third kappa shape index (κ3) is 3.00. The van der Waals surface area contributed by atoms with Gasteiger partial charge in [0.2, 0.25) is 0 Å². The molecule has 1 atom stereocenters. The molecule has 18 heavy (non-hydrogen) atoms. The van der Waals surface area contributed by atoms with Gasteiger partial charge in [-0.05, 0) is 30.7 Å². The Morgan fingerprint density at radius 2 is 2.33 bits per heavy atom. The molecular formula is C14H21FN2O. The zero-order valence-electron chi connectivity index (χ0n) is 11.1. The van der Waals surface area contributed by atoms with Crippen LogP contribution in [0.15, 0.2) is 18.2 Å². The summed E-state index contributed by atoms with van der Waals surface area (Å²) >= 11 is 0. The molecule has 0 amide bonds. The SMILES string of the molecule is CCNCc1ccc(N(C)C2CCOC2)c(F)c1. The molecule has 0 radical (unpaired) electrons. The van der Waals surface area contributed by atoms with Crippen LogP contribution in [0.5, 0.6) is 0 Å². The summed E-state index contributed by atoms with van der Waals surface area (Å²) in [5.41, 5.74) is 1.64. The van der Waals surface area contributed by atoms with E-state index in [1.54, 1.807) is 6.07 Å². The number of hydrogen-bond donors (Lipinski definition) is 1. The highest BCUT2D eigenvalue weighted by molar-refractivity contribution is 5.49. The number of rotatable bonds is 5. The van der Waals surface area contributed by atoms with Crippen LogP contribution in [0.3, 0.4) is 0 Å². The van der Waals surface area contributed by atoms with Crippen molar-refractivity contribution in [3.8, 4) is 0 Å². The highest BCUT2D eigenvalue weighted by Gasteiger charge is 2.22. The fraction of sp³-hybridized carbons (Fsp3) is 0.571. The van der Waals surface area contributed by atoms with Crippen molar-refractivity contribution >= 4 is 5.69 Å². The summed E-state index contributed by atoms with van der Waals surface area (Å²) in [6.07, 6.45) is 0.967. The molecule has 1 N–H and O–H groups in total. The number of hydrogen-bond acceptors (Lipinski definition) is 3. The van der Waals surface area contributed by atoms with Crippen molar-refractivity contribution in [3.63, 3.8) is 0 Å². The summed E-state index contributed by atoms with van der Waals surface area (Å²) in [5, 5.41) is 3.20. The van der Waals surface area contributed by atoms with E-state index in [0.29, 0.717) is 24.9 Å². The Hall–Kier alpha value is -1.13.